The maximum Gasteiger partial charge on any atom is 0.127 e. The monoisotopic (exact) mass is 530 g/mol. The summed E-state index contributed by atoms with van der Waals surface area (Å²) < 4.78 is 18.8. The molecule has 0 spiro atoms. The highest BCUT2D eigenvalue weighted by molar-refractivity contribution is 5.42. The molecule has 3 aromatic rings. The Bertz CT molecular complexity index is 1080. The van der Waals surface area contributed by atoms with Crippen LogP contribution in [0.5, 0.6) is 17.2 Å². The predicted molar refractivity (Wildman–Crippen MR) is 158 cm³/mol. The fourth-order valence-corrected chi connectivity index (χ4v) is 6.00. The molecule has 0 heterocycles. The van der Waals surface area contributed by atoms with Crippen LogP contribution in [0.3, 0.4) is 0 Å². The van der Waals surface area contributed by atoms with E-state index < -0.39 is 5.60 Å². The third kappa shape index (κ3) is 8.50. The summed E-state index contributed by atoms with van der Waals surface area (Å²) in [6.07, 6.45) is 6.51. The molecule has 1 fully saturated rings. The average molecular weight is 531 g/mol. The lowest BCUT2D eigenvalue weighted by Crippen LogP contribution is -2.51. The first-order valence-electron chi connectivity index (χ1n) is 14.6. The minimum Gasteiger partial charge on any atom is -0.493 e. The topological polar surface area (TPSA) is 47.9 Å². The minimum atomic E-state index is -0.751. The van der Waals surface area contributed by atoms with E-state index >= 15 is 0 Å². The van der Waals surface area contributed by atoms with Gasteiger partial charge in [-0.25, -0.2) is 0 Å². The lowest BCUT2D eigenvalue weighted by atomic mass is 9.59. The molecule has 210 valence electrons. The van der Waals surface area contributed by atoms with Crippen molar-refractivity contribution in [3.05, 3.63) is 90.0 Å². The summed E-state index contributed by atoms with van der Waals surface area (Å²) in [7, 11) is 0. The molecule has 1 aliphatic rings. The van der Waals surface area contributed by atoms with Crippen LogP contribution in [0.4, 0.5) is 0 Å². The average Bonchev–Trinajstić information content (AvgIpc) is 2.91. The summed E-state index contributed by atoms with van der Waals surface area (Å²) >= 11 is 0. The molecule has 3 atom stereocenters. The van der Waals surface area contributed by atoms with E-state index in [4.69, 9.17) is 14.2 Å². The molecule has 4 heteroatoms. The Labute approximate surface area is 235 Å². The van der Waals surface area contributed by atoms with Crippen molar-refractivity contribution in [2.24, 2.45) is 17.3 Å². The van der Waals surface area contributed by atoms with E-state index in [-0.39, 0.29) is 11.3 Å². The van der Waals surface area contributed by atoms with Gasteiger partial charge < -0.3 is 19.3 Å². The highest BCUT2D eigenvalue weighted by Crippen LogP contribution is 2.49. The molecule has 4 nitrogen and oxygen atoms in total. The zero-order valence-corrected chi connectivity index (χ0v) is 24.2. The third-order valence-corrected chi connectivity index (χ3v) is 8.32. The Hall–Kier alpha value is -2.98. The van der Waals surface area contributed by atoms with Crippen molar-refractivity contribution in [3.63, 3.8) is 0 Å². The lowest BCUT2D eigenvalue weighted by Gasteiger charge is -2.49. The molecule has 1 aliphatic carbocycles. The smallest absolute Gasteiger partial charge is 0.127 e. The van der Waals surface area contributed by atoms with Gasteiger partial charge in [-0.05, 0) is 48.6 Å². The van der Waals surface area contributed by atoms with Crippen LogP contribution in [0.25, 0.3) is 0 Å². The quantitative estimate of drug-likeness (QED) is 0.240. The summed E-state index contributed by atoms with van der Waals surface area (Å²) in [5, 5.41) is 11.5. The number of benzene rings is 3. The van der Waals surface area contributed by atoms with Crippen LogP contribution in [0.1, 0.15) is 77.3 Å². The van der Waals surface area contributed by atoms with Gasteiger partial charge >= 0.3 is 0 Å². The standard InChI is InChI=1S/C35H46O4/c1-27(2)13-11-18-34(3)19-12-20-35(4,36)33(34)26-39-32-22-30(37-24-28-14-7-5-8-15-28)21-31(23-32)38-25-29-16-9-6-10-17-29/h5-10,14-17,21-23,27,33,36H,11-13,18-20,24-26H2,1-4H3. The predicted octanol–water partition coefficient (Wildman–Crippen LogP) is 8.61. The molecule has 0 aromatic heterocycles. The SMILES string of the molecule is CC(C)CCCC1(C)CCCC(C)(O)C1COc1cc(OCc2ccccc2)cc(OCc2ccccc2)c1. The maximum absolute atomic E-state index is 11.5. The zero-order valence-electron chi connectivity index (χ0n) is 24.2. The van der Waals surface area contributed by atoms with Gasteiger partial charge in [0, 0.05) is 24.1 Å². The molecule has 4 rings (SSSR count). The Morgan fingerprint density at radius 3 is 1.79 bits per heavy atom. The molecule has 1 saturated carbocycles. The van der Waals surface area contributed by atoms with Crippen LogP contribution in [0, 0.1) is 17.3 Å². The van der Waals surface area contributed by atoms with E-state index in [1.165, 1.54) is 12.8 Å². The molecular formula is C35H46O4. The van der Waals surface area contributed by atoms with E-state index in [1.54, 1.807) is 0 Å². The first-order valence-corrected chi connectivity index (χ1v) is 14.6. The van der Waals surface area contributed by atoms with Crippen LogP contribution in [-0.4, -0.2) is 17.3 Å². The van der Waals surface area contributed by atoms with Crippen LogP contribution >= 0.6 is 0 Å². The summed E-state index contributed by atoms with van der Waals surface area (Å²) in [6.45, 7) is 10.3. The molecule has 0 bridgehead atoms. The van der Waals surface area contributed by atoms with Crippen LogP contribution in [-0.2, 0) is 13.2 Å². The van der Waals surface area contributed by atoms with Gasteiger partial charge in [0.25, 0.3) is 0 Å². The normalized spacial score (nSPS) is 23.0. The molecular weight excluding hydrogens is 484 g/mol. The Kier molecular flexibility index (Phi) is 9.96. The molecule has 0 amide bonds. The van der Waals surface area contributed by atoms with Gasteiger partial charge in [0.2, 0.25) is 0 Å². The highest BCUT2D eigenvalue weighted by atomic mass is 16.5. The maximum atomic E-state index is 11.5. The van der Waals surface area contributed by atoms with E-state index in [9.17, 15) is 5.11 Å². The van der Waals surface area contributed by atoms with Gasteiger partial charge in [-0.3, -0.25) is 0 Å². The molecule has 3 unspecified atom stereocenters. The van der Waals surface area contributed by atoms with Crippen molar-refractivity contribution in [2.45, 2.75) is 85.0 Å². The van der Waals surface area contributed by atoms with Gasteiger partial charge in [-0.2, -0.15) is 0 Å². The van der Waals surface area contributed by atoms with Crippen molar-refractivity contribution < 1.29 is 19.3 Å². The summed E-state index contributed by atoms with van der Waals surface area (Å²) in [6, 6.07) is 26.1. The van der Waals surface area contributed by atoms with Crippen LogP contribution < -0.4 is 14.2 Å². The Morgan fingerprint density at radius 1 is 0.769 bits per heavy atom. The summed E-state index contributed by atoms with van der Waals surface area (Å²) in [5.74, 6) is 2.85. The van der Waals surface area contributed by atoms with Crippen molar-refractivity contribution in [1.82, 2.24) is 0 Å². The molecule has 39 heavy (non-hydrogen) atoms. The molecule has 3 aromatic carbocycles. The molecule has 0 saturated heterocycles. The number of aliphatic hydroxyl groups is 1. The van der Waals surface area contributed by atoms with Gasteiger partial charge in [-0.1, -0.05) is 101 Å². The van der Waals surface area contributed by atoms with Crippen molar-refractivity contribution in [3.8, 4) is 17.2 Å². The largest absolute Gasteiger partial charge is 0.493 e. The van der Waals surface area contributed by atoms with E-state index in [1.807, 2.05) is 61.5 Å². The van der Waals surface area contributed by atoms with E-state index in [2.05, 4.69) is 45.0 Å². The third-order valence-electron chi connectivity index (χ3n) is 8.32. The van der Waals surface area contributed by atoms with Crippen LogP contribution in [0.15, 0.2) is 78.9 Å². The molecule has 0 radical (unpaired) electrons. The second-order valence-electron chi connectivity index (χ2n) is 12.2. The van der Waals surface area contributed by atoms with Gasteiger partial charge in [0.1, 0.15) is 30.5 Å². The Morgan fingerprint density at radius 2 is 1.28 bits per heavy atom. The fourth-order valence-electron chi connectivity index (χ4n) is 6.00. The highest BCUT2D eigenvalue weighted by Gasteiger charge is 2.48. The van der Waals surface area contributed by atoms with Gasteiger partial charge in [0.15, 0.2) is 0 Å². The molecule has 0 aliphatic heterocycles. The van der Waals surface area contributed by atoms with Gasteiger partial charge in [0.05, 0.1) is 12.2 Å². The van der Waals surface area contributed by atoms with Crippen molar-refractivity contribution in [2.75, 3.05) is 6.61 Å². The fraction of sp³-hybridized carbons (Fsp3) is 0.486. The second-order valence-corrected chi connectivity index (χ2v) is 12.2. The van der Waals surface area contributed by atoms with E-state index in [0.29, 0.717) is 43.0 Å². The van der Waals surface area contributed by atoms with Crippen LogP contribution in [0.2, 0.25) is 0 Å². The summed E-state index contributed by atoms with van der Waals surface area (Å²) in [4.78, 5) is 0. The number of hydrogen-bond acceptors (Lipinski definition) is 4. The van der Waals surface area contributed by atoms with Gasteiger partial charge in [-0.15, -0.1) is 0 Å². The first-order chi connectivity index (χ1) is 18.7. The second kappa shape index (κ2) is 13.4. The summed E-state index contributed by atoms with van der Waals surface area (Å²) in [5.41, 5.74) is 1.50. The number of rotatable bonds is 13. The van der Waals surface area contributed by atoms with Crippen molar-refractivity contribution >= 4 is 0 Å². The first kappa shape index (κ1) is 29.0. The molecule has 1 N–H and O–H groups in total. The lowest BCUT2D eigenvalue weighted by molar-refractivity contribution is -0.113. The Balaban J connectivity index is 1.50. The van der Waals surface area contributed by atoms with Crippen molar-refractivity contribution in [1.29, 1.82) is 0 Å². The zero-order chi connectivity index (χ0) is 27.7. The van der Waals surface area contributed by atoms with E-state index in [0.717, 1.165) is 36.8 Å². The number of ether oxygens (including phenoxy) is 3. The number of hydrogen-bond donors (Lipinski definition) is 1. The minimum absolute atomic E-state index is 0.0463.